The van der Waals surface area contributed by atoms with Crippen LogP contribution >= 0.6 is 34.2 Å². The van der Waals surface area contributed by atoms with Crippen LogP contribution in [0.1, 0.15) is 24.7 Å². The average molecular weight is 391 g/mol. The summed E-state index contributed by atoms with van der Waals surface area (Å²) >= 11 is 8.24. The molecule has 0 aliphatic carbocycles. The summed E-state index contributed by atoms with van der Waals surface area (Å²) in [7, 11) is 0. The Morgan fingerprint density at radius 2 is 2.37 bits per heavy atom. The molecule has 2 heterocycles. The van der Waals surface area contributed by atoms with Gasteiger partial charge in [0.1, 0.15) is 5.82 Å². The minimum atomic E-state index is 0.400. The van der Waals surface area contributed by atoms with Crippen LogP contribution in [0.2, 0.25) is 0 Å². The normalized spacial score (nSPS) is 20.0. The highest BCUT2D eigenvalue weighted by Gasteiger charge is 2.21. The Bertz CT molecular complexity index is 578. The molecule has 19 heavy (non-hydrogen) atoms. The maximum Gasteiger partial charge on any atom is 0.111 e. The van der Waals surface area contributed by atoms with E-state index in [1.807, 2.05) is 0 Å². The fourth-order valence-electron chi connectivity index (χ4n) is 2.72. The molecule has 5 heteroatoms. The first-order chi connectivity index (χ1) is 9.29. The molecule has 1 aliphatic heterocycles. The number of aromatic nitrogens is 2. The van der Waals surface area contributed by atoms with Crippen molar-refractivity contribution < 1.29 is 4.74 Å². The van der Waals surface area contributed by atoms with Gasteiger partial charge in [-0.2, -0.15) is 0 Å². The summed E-state index contributed by atoms with van der Waals surface area (Å²) in [5.41, 5.74) is 2.27. The summed E-state index contributed by atoms with van der Waals surface area (Å²) in [6.45, 7) is 1.67. The number of imidazole rings is 1. The predicted octanol–water partition coefficient (Wildman–Crippen LogP) is 3.77. The van der Waals surface area contributed by atoms with E-state index in [-0.39, 0.29) is 0 Å². The number of alkyl halides is 1. The van der Waals surface area contributed by atoms with Crippen LogP contribution in [0.5, 0.6) is 0 Å². The van der Waals surface area contributed by atoms with Crippen LogP contribution in [0.15, 0.2) is 18.2 Å². The molecule has 0 saturated carbocycles. The SMILES string of the molecule is ClCCc1nc2cc(I)ccc2n1C1CCCOC1. The van der Waals surface area contributed by atoms with Gasteiger partial charge >= 0.3 is 0 Å². The smallest absolute Gasteiger partial charge is 0.111 e. The van der Waals surface area contributed by atoms with Gasteiger partial charge in [0.25, 0.3) is 0 Å². The Morgan fingerprint density at radius 1 is 1.47 bits per heavy atom. The second-order valence-electron chi connectivity index (χ2n) is 4.84. The van der Waals surface area contributed by atoms with Crippen molar-refractivity contribution in [3.8, 4) is 0 Å². The lowest BCUT2D eigenvalue weighted by Crippen LogP contribution is -2.23. The van der Waals surface area contributed by atoms with Crippen LogP contribution in [-0.2, 0) is 11.2 Å². The van der Waals surface area contributed by atoms with E-state index in [0.717, 1.165) is 43.8 Å². The summed E-state index contributed by atoms with van der Waals surface area (Å²) in [5.74, 6) is 1.69. The van der Waals surface area contributed by atoms with Crippen LogP contribution in [-0.4, -0.2) is 28.6 Å². The first-order valence-corrected chi connectivity index (χ1v) is 8.21. The number of aryl methyl sites for hydroxylation is 1. The third-order valence-electron chi connectivity index (χ3n) is 3.54. The highest BCUT2D eigenvalue weighted by molar-refractivity contribution is 14.1. The maximum atomic E-state index is 5.92. The summed E-state index contributed by atoms with van der Waals surface area (Å²) in [5, 5.41) is 0. The Kier molecular flexibility index (Phi) is 4.29. The molecule has 1 aromatic carbocycles. The van der Waals surface area contributed by atoms with Crippen molar-refractivity contribution in [3.63, 3.8) is 0 Å². The monoisotopic (exact) mass is 390 g/mol. The zero-order valence-electron chi connectivity index (χ0n) is 10.6. The molecule has 1 atom stereocenters. The summed E-state index contributed by atoms with van der Waals surface area (Å²) in [6, 6.07) is 6.83. The minimum absolute atomic E-state index is 0.400. The molecule has 0 spiro atoms. The van der Waals surface area contributed by atoms with Gasteiger partial charge in [-0.25, -0.2) is 4.98 Å². The van der Waals surface area contributed by atoms with E-state index in [2.05, 4.69) is 45.4 Å². The summed E-state index contributed by atoms with van der Waals surface area (Å²) in [6.07, 6.45) is 3.09. The third-order valence-corrected chi connectivity index (χ3v) is 4.40. The molecular formula is C14H16ClIN2O. The Labute approximate surface area is 131 Å². The average Bonchev–Trinajstić information content (AvgIpc) is 2.77. The van der Waals surface area contributed by atoms with Gasteiger partial charge in [0.2, 0.25) is 0 Å². The first kappa shape index (κ1) is 13.6. The lowest BCUT2D eigenvalue weighted by atomic mass is 10.1. The molecule has 1 aromatic heterocycles. The lowest BCUT2D eigenvalue weighted by molar-refractivity contribution is 0.0596. The molecule has 0 bridgehead atoms. The molecule has 1 fully saturated rings. The van der Waals surface area contributed by atoms with E-state index >= 15 is 0 Å². The summed E-state index contributed by atoms with van der Waals surface area (Å²) in [4.78, 5) is 4.76. The number of ether oxygens (including phenoxy) is 1. The molecule has 1 unspecified atom stereocenters. The molecule has 0 radical (unpaired) electrons. The molecule has 0 amide bonds. The number of nitrogens with zero attached hydrogens (tertiary/aromatic N) is 2. The molecule has 102 valence electrons. The van der Waals surface area contributed by atoms with Crippen molar-refractivity contribution >= 4 is 45.2 Å². The van der Waals surface area contributed by atoms with E-state index in [9.17, 15) is 0 Å². The van der Waals surface area contributed by atoms with Gasteiger partial charge in [0.05, 0.1) is 23.7 Å². The first-order valence-electron chi connectivity index (χ1n) is 6.59. The number of halogens is 2. The van der Waals surface area contributed by atoms with Crippen molar-refractivity contribution in [3.05, 3.63) is 27.6 Å². The lowest BCUT2D eigenvalue weighted by Gasteiger charge is -2.25. The molecule has 3 rings (SSSR count). The van der Waals surface area contributed by atoms with Gasteiger partial charge in [-0.3, -0.25) is 0 Å². The van der Waals surface area contributed by atoms with Crippen molar-refractivity contribution in [2.24, 2.45) is 0 Å². The van der Waals surface area contributed by atoms with Gasteiger partial charge in [0.15, 0.2) is 0 Å². The van der Waals surface area contributed by atoms with Crippen LogP contribution < -0.4 is 0 Å². The Hall–Kier alpha value is -0.330. The van der Waals surface area contributed by atoms with E-state index in [1.54, 1.807) is 0 Å². The number of fused-ring (bicyclic) bond motifs is 1. The fraction of sp³-hybridized carbons (Fsp3) is 0.500. The van der Waals surface area contributed by atoms with E-state index in [4.69, 9.17) is 21.3 Å². The Morgan fingerprint density at radius 3 is 3.11 bits per heavy atom. The predicted molar refractivity (Wildman–Crippen MR) is 86.0 cm³/mol. The van der Waals surface area contributed by atoms with Crippen LogP contribution in [0, 0.1) is 3.57 Å². The van der Waals surface area contributed by atoms with Gasteiger partial charge in [-0.1, -0.05) is 0 Å². The van der Waals surface area contributed by atoms with E-state index in [0.29, 0.717) is 11.9 Å². The maximum absolute atomic E-state index is 5.92. The van der Waals surface area contributed by atoms with Crippen LogP contribution in [0.25, 0.3) is 11.0 Å². The van der Waals surface area contributed by atoms with Gasteiger partial charge in [0, 0.05) is 22.5 Å². The van der Waals surface area contributed by atoms with Crippen molar-refractivity contribution in [2.75, 3.05) is 19.1 Å². The quantitative estimate of drug-likeness (QED) is 0.589. The van der Waals surface area contributed by atoms with Gasteiger partial charge in [-0.15, -0.1) is 11.6 Å². The van der Waals surface area contributed by atoms with Crippen molar-refractivity contribution in [2.45, 2.75) is 25.3 Å². The number of benzene rings is 1. The van der Waals surface area contributed by atoms with Gasteiger partial charge < -0.3 is 9.30 Å². The van der Waals surface area contributed by atoms with Crippen molar-refractivity contribution in [1.29, 1.82) is 0 Å². The standard InChI is InChI=1S/C14H16ClIN2O/c15-6-5-14-17-12-8-10(16)3-4-13(12)18(14)11-2-1-7-19-9-11/h3-4,8,11H,1-2,5-7,9H2. The minimum Gasteiger partial charge on any atom is -0.379 e. The second kappa shape index (κ2) is 5.97. The summed E-state index contributed by atoms with van der Waals surface area (Å²) < 4.78 is 9.18. The number of hydrogen-bond donors (Lipinski definition) is 0. The molecule has 0 N–H and O–H groups in total. The van der Waals surface area contributed by atoms with E-state index < -0.39 is 0 Å². The highest BCUT2D eigenvalue weighted by atomic mass is 127. The Balaban J connectivity index is 2.09. The molecular weight excluding hydrogens is 375 g/mol. The highest BCUT2D eigenvalue weighted by Crippen LogP contribution is 2.28. The zero-order valence-corrected chi connectivity index (χ0v) is 13.5. The van der Waals surface area contributed by atoms with E-state index in [1.165, 1.54) is 9.09 Å². The second-order valence-corrected chi connectivity index (χ2v) is 6.46. The molecule has 3 nitrogen and oxygen atoms in total. The number of hydrogen-bond acceptors (Lipinski definition) is 2. The molecule has 2 aromatic rings. The largest absolute Gasteiger partial charge is 0.379 e. The molecule has 1 aliphatic rings. The fourth-order valence-corrected chi connectivity index (χ4v) is 3.36. The van der Waals surface area contributed by atoms with Gasteiger partial charge in [-0.05, 0) is 53.6 Å². The van der Waals surface area contributed by atoms with Crippen LogP contribution in [0.4, 0.5) is 0 Å². The number of rotatable bonds is 3. The molecule has 1 saturated heterocycles. The zero-order chi connectivity index (χ0) is 13.2. The van der Waals surface area contributed by atoms with Crippen LogP contribution in [0.3, 0.4) is 0 Å². The topological polar surface area (TPSA) is 27.1 Å². The van der Waals surface area contributed by atoms with Crippen molar-refractivity contribution in [1.82, 2.24) is 9.55 Å². The third kappa shape index (κ3) is 2.76.